The zero-order valence-electron chi connectivity index (χ0n) is 19.2. The lowest BCUT2D eigenvalue weighted by Crippen LogP contribution is -2.37. The van der Waals surface area contributed by atoms with Crippen LogP contribution in [0.5, 0.6) is 29.5 Å². The molecule has 0 fully saturated rings. The highest BCUT2D eigenvalue weighted by atomic mass is 28.3. The second-order valence-electron chi connectivity index (χ2n) is 8.01. The lowest BCUT2D eigenvalue weighted by atomic mass is 10.2. The van der Waals surface area contributed by atoms with E-state index in [9.17, 15) is 4.79 Å². The maximum atomic E-state index is 12.7. The Hall–Kier alpha value is -3.53. The first kappa shape index (κ1) is 23.1. The monoisotopic (exact) mass is 457 g/mol. The average Bonchev–Trinajstić information content (AvgIpc) is 3.23. The maximum absolute atomic E-state index is 12.7. The Morgan fingerprint density at radius 3 is 2.16 bits per heavy atom. The number of anilines is 1. The van der Waals surface area contributed by atoms with E-state index in [1.165, 1.54) is 32.6 Å². The molecule has 0 saturated heterocycles. The fraction of sp³-hybridized carbons (Fsp3) is 0.318. The van der Waals surface area contributed by atoms with E-state index in [0.717, 1.165) is 5.56 Å². The molecule has 0 radical (unpaired) electrons. The average molecular weight is 458 g/mol. The summed E-state index contributed by atoms with van der Waals surface area (Å²) in [6.07, 6.45) is 0. The molecule has 1 aromatic carbocycles. The van der Waals surface area contributed by atoms with Crippen molar-refractivity contribution in [2.45, 2.75) is 26.6 Å². The van der Waals surface area contributed by atoms with Crippen molar-refractivity contribution in [3.8, 4) is 29.5 Å². The van der Waals surface area contributed by atoms with E-state index < -0.39 is 14.0 Å². The number of nitrogens with one attached hydrogen (secondary N) is 1. The van der Waals surface area contributed by atoms with Crippen molar-refractivity contribution in [2.75, 3.05) is 26.6 Å². The number of benzene rings is 1. The van der Waals surface area contributed by atoms with Gasteiger partial charge in [0.1, 0.15) is 5.75 Å². The number of hydrogen-bond acceptors (Lipinski definition) is 8. The van der Waals surface area contributed by atoms with Gasteiger partial charge in [0.05, 0.1) is 29.4 Å². The number of carbonyl (C=O) groups excluding carboxylic acids is 1. The lowest BCUT2D eigenvalue weighted by Gasteiger charge is -2.18. The molecule has 0 atom stereocenters. The van der Waals surface area contributed by atoms with E-state index in [0.29, 0.717) is 5.75 Å². The van der Waals surface area contributed by atoms with Crippen molar-refractivity contribution in [1.29, 1.82) is 0 Å². The summed E-state index contributed by atoms with van der Waals surface area (Å²) in [5, 5.41) is 3.99. The first-order chi connectivity index (χ1) is 15.2. The Balaban J connectivity index is 1.79. The molecule has 3 aromatic rings. The van der Waals surface area contributed by atoms with E-state index >= 15 is 0 Å². The third-order valence-electron chi connectivity index (χ3n) is 4.69. The minimum Gasteiger partial charge on any atom is -0.479 e. The summed E-state index contributed by atoms with van der Waals surface area (Å²) < 4.78 is 26.9. The van der Waals surface area contributed by atoms with Crippen LogP contribution in [-0.4, -0.2) is 45.3 Å². The van der Waals surface area contributed by atoms with E-state index in [1.54, 1.807) is 6.07 Å². The molecule has 2 aromatic heterocycles. The van der Waals surface area contributed by atoms with Crippen LogP contribution in [0.15, 0.2) is 34.7 Å². The van der Waals surface area contributed by atoms with Gasteiger partial charge in [-0.3, -0.25) is 4.79 Å². The van der Waals surface area contributed by atoms with Gasteiger partial charge >= 0.3 is 6.01 Å². The van der Waals surface area contributed by atoms with Crippen molar-refractivity contribution in [3.63, 3.8) is 0 Å². The van der Waals surface area contributed by atoms with Crippen molar-refractivity contribution < 1.29 is 28.2 Å². The molecule has 32 heavy (non-hydrogen) atoms. The number of hydrogen-bond donors (Lipinski definition) is 1. The number of aromatic nitrogens is 2. The normalized spacial score (nSPS) is 11.1. The van der Waals surface area contributed by atoms with Crippen LogP contribution >= 0.6 is 0 Å². The molecule has 0 aliphatic carbocycles. The highest BCUT2D eigenvalue weighted by Gasteiger charge is 2.22. The molecule has 0 saturated carbocycles. The van der Waals surface area contributed by atoms with Gasteiger partial charge in [0.15, 0.2) is 11.4 Å². The van der Waals surface area contributed by atoms with Crippen LogP contribution in [-0.2, 0) is 0 Å². The van der Waals surface area contributed by atoms with Gasteiger partial charge in [0.25, 0.3) is 11.9 Å². The van der Waals surface area contributed by atoms with Crippen LogP contribution in [0.2, 0.25) is 19.6 Å². The van der Waals surface area contributed by atoms with Crippen molar-refractivity contribution in [3.05, 3.63) is 41.7 Å². The summed E-state index contributed by atoms with van der Waals surface area (Å²) in [4.78, 5) is 20.9. The summed E-state index contributed by atoms with van der Waals surface area (Å²) in [5.74, 6) is 0.530. The van der Waals surface area contributed by atoms with Gasteiger partial charge in [0.2, 0.25) is 11.8 Å². The number of methoxy groups -OCH3 is 3. The minimum atomic E-state index is -1.42. The van der Waals surface area contributed by atoms with Crippen LogP contribution in [0, 0.1) is 6.92 Å². The van der Waals surface area contributed by atoms with E-state index in [1.807, 2.05) is 13.0 Å². The van der Waals surface area contributed by atoms with Gasteiger partial charge in [-0.15, -0.1) is 0 Å². The smallest absolute Gasteiger partial charge is 0.322 e. The maximum Gasteiger partial charge on any atom is 0.322 e. The molecule has 1 N–H and O–H groups in total. The van der Waals surface area contributed by atoms with Crippen molar-refractivity contribution in [2.24, 2.45) is 0 Å². The molecule has 0 aliphatic rings. The summed E-state index contributed by atoms with van der Waals surface area (Å²) in [6.45, 7) is 8.85. The first-order valence-corrected chi connectivity index (χ1v) is 13.4. The Labute approximate surface area is 187 Å². The van der Waals surface area contributed by atoms with Gasteiger partial charge < -0.3 is 28.7 Å². The molecule has 3 rings (SSSR count). The van der Waals surface area contributed by atoms with Gasteiger partial charge in [-0.25, -0.2) is 0 Å². The summed E-state index contributed by atoms with van der Waals surface area (Å²) in [7, 11) is 2.81. The Morgan fingerprint density at radius 1 is 0.969 bits per heavy atom. The lowest BCUT2D eigenvalue weighted by molar-refractivity contribution is 0.0990. The second-order valence-corrected chi connectivity index (χ2v) is 13.1. The van der Waals surface area contributed by atoms with Crippen LogP contribution in [0.3, 0.4) is 0 Å². The van der Waals surface area contributed by atoms with Gasteiger partial charge in [-0.2, -0.15) is 9.97 Å². The molecule has 1 amide bonds. The van der Waals surface area contributed by atoms with Gasteiger partial charge in [-0.1, -0.05) is 37.0 Å². The molecule has 0 unspecified atom stereocenters. The predicted molar refractivity (Wildman–Crippen MR) is 123 cm³/mol. The quantitative estimate of drug-likeness (QED) is 0.506. The molecular weight excluding hydrogens is 430 g/mol. The van der Waals surface area contributed by atoms with Crippen LogP contribution < -0.4 is 29.5 Å². The highest BCUT2D eigenvalue weighted by Crippen LogP contribution is 2.34. The van der Waals surface area contributed by atoms with E-state index in [2.05, 4.69) is 47.1 Å². The molecule has 9 nitrogen and oxygen atoms in total. The van der Waals surface area contributed by atoms with E-state index in [-0.39, 0.29) is 35.2 Å². The van der Waals surface area contributed by atoms with E-state index in [4.69, 9.17) is 23.4 Å². The Morgan fingerprint density at radius 2 is 1.62 bits per heavy atom. The highest BCUT2D eigenvalue weighted by molar-refractivity contribution is 6.88. The third kappa shape index (κ3) is 5.02. The zero-order chi connectivity index (χ0) is 23.5. The SMILES string of the molecule is COc1nc(OC)c(NC(=O)c2ccc(Oc3ccc([Si](C)(C)C)cc3C)o2)c(OC)n1. The summed E-state index contributed by atoms with van der Waals surface area (Å²) in [6, 6.07) is 9.28. The number of aryl methyl sites for hydroxylation is 1. The number of amides is 1. The predicted octanol–water partition coefficient (Wildman–Crippen LogP) is 3.99. The molecule has 10 heteroatoms. The third-order valence-corrected chi connectivity index (χ3v) is 6.73. The fourth-order valence-corrected chi connectivity index (χ4v) is 4.14. The summed E-state index contributed by atoms with van der Waals surface area (Å²) >= 11 is 0. The number of carbonyl (C=O) groups is 1. The Kier molecular flexibility index (Phi) is 6.73. The zero-order valence-corrected chi connectivity index (χ0v) is 20.2. The van der Waals surface area contributed by atoms with Gasteiger partial charge in [-0.05, 0) is 24.6 Å². The second kappa shape index (κ2) is 9.31. The number of ether oxygens (including phenoxy) is 4. The van der Waals surface area contributed by atoms with Crippen molar-refractivity contribution >= 4 is 24.9 Å². The minimum absolute atomic E-state index is 0.0382. The molecule has 0 aliphatic heterocycles. The van der Waals surface area contributed by atoms with Gasteiger partial charge in [0, 0.05) is 6.07 Å². The standard InChI is InChI=1S/C22H27N3O6Si/c1-13-12-14(32(5,6)7)8-9-15(13)30-17-11-10-16(31-17)19(26)23-18-20(27-2)24-22(29-4)25-21(18)28-3/h8-12H,1-7H3,(H,23,26). The first-order valence-electron chi connectivity index (χ1n) is 9.90. The molecule has 0 spiro atoms. The largest absolute Gasteiger partial charge is 0.479 e. The van der Waals surface area contributed by atoms with Crippen molar-refractivity contribution in [1.82, 2.24) is 9.97 Å². The topological polar surface area (TPSA) is 105 Å². The fourth-order valence-electron chi connectivity index (χ4n) is 2.91. The molecule has 2 heterocycles. The molecular formula is C22H27N3O6Si. The summed E-state index contributed by atoms with van der Waals surface area (Å²) in [5.41, 5.74) is 1.15. The molecule has 0 bridgehead atoms. The molecule has 170 valence electrons. The number of nitrogens with zero attached hydrogens (tertiary/aromatic N) is 2. The Bertz CT molecular complexity index is 1100. The number of rotatable bonds is 8. The van der Waals surface area contributed by atoms with Crippen LogP contribution in [0.4, 0.5) is 5.69 Å². The van der Waals surface area contributed by atoms with Crippen LogP contribution in [0.25, 0.3) is 0 Å². The van der Waals surface area contributed by atoms with Crippen LogP contribution in [0.1, 0.15) is 16.1 Å². The number of furan rings is 1.